The molecule has 2 rings (SSSR count). The third-order valence-electron chi connectivity index (χ3n) is 3.84. The number of hydrogen-bond acceptors (Lipinski definition) is 5. The fourth-order valence-electron chi connectivity index (χ4n) is 2.44. The molecule has 26 heavy (non-hydrogen) atoms. The maximum absolute atomic E-state index is 12.8. The van der Waals surface area contributed by atoms with Gasteiger partial charge in [-0.3, -0.25) is 14.4 Å². The van der Waals surface area contributed by atoms with E-state index in [1.165, 1.54) is 37.5 Å². The highest BCUT2D eigenvalue weighted by molar-refractivity contribution is 6.03. The summed E-state index contributed by atoms with van der Waals surface area (Å²) >= 11 is 0. The molecule has 1 fully saturated rings. The summed E-state index contributed by atoms with van der Waals surface area (Å²) in [5.41, 5.74) is 0.433. The Morgan fingerprint density at radius 3 is 2.73 bits per heavy atom. The van der Waals surface area contributed by atoms with Crippen LogP contribution in [0.5, 0.6) is 0 Å². The van der Waals surface area contributed by atoms with Crippen molar-refractivity contribution in [1.29, 1.82) is 0 Å². The van der Waals surface area contributed by atoms with Crippen LogP contribution in [0.1, 0.15) is 12.8 Å². The van der Waals surface area contributed by atoms with Crippen molar-refractivity contribution < 1.29 is 28.2 Å². The van der Waals surface area contributed by atoms with Crippen LogP contribution < -0.4 is 5.32 Å². The summed E-state index contributed by atoms with van der Waals surface area (Å²) in [5.74, 6) is -1.52. The molecule has 8 heteroatoms. The fourth-order valence-corrected chi connectivity index (χ4v) is 2.44. The smallest absolute Gasteiger partial charge is 0.305 e. The molecule has 140 valence electrons. The second-order valence-corrected chi connectivity index (χ2v) is 5.72. The standard InChI is InChI=1S/C18H21FN2O5/c1-25-18(24)9-6-15-12-21(10-11-26-15)17(23)8-7-16(22)20-14-4-2-13(19)3-5-14/h2-5,7-8,15H,6,9-12H2,1H3,(H,20,22)/b8-7+. The van der Waals surface area contributed by atoms with E-state index in [1.54, 1.807) is 4.90 Å². The number of nitrogens with zero attached hydrogens (tertiary/aromatic N) is 1. The number of nitrogens with one attached hydrogen (secondary N) is 1. The lowest BCUT2D eigenvalue weighted by Gasteiger charge is -2.32. The van der Waals surface area contributed by atoms with Crippen LogP contribution in [0.2, 0.25) is 0 Å². The first-order chi connectivity index (χ1) is 12.5. The normalized spacial score (nSPS) is 17.2. The van der Waals surface area contributed by atoms with Crippen LogP contribution in [0, 0.1) is 5.82 Å². The number of anilines is 1. The van der Waals surface area contributed by atoms with E-state index in [0.29, 0.717) is 31.8 Å². The molecular formula is C18H21FN2O5. The predicted octanol–water partition coefficient (Wildman–Crippen LogP) is 1.50. The van der Waals surface area contributed by atoms with E-state index in [9.17, 15) is 18.8 Å². The molecule has 1 atom stereocenters. The summed E-state index contributed by atoms with van der Waals surface area (Å²) in [7, 11) is 1.32. The molecule has 1 aromatic rings. The van der Waals surface area contributed by atoms with Crippen molar-refractivity contribution in [2.24, 2.45) is 0 Å². The van der Waals surface area contributed by atoms with Crippen molar-refractivity contribution in [2.45, 2.75) is 18.9 Å². The number of amides is 2. The van der Waals surface area contributed by atoms with E-state index in [4.69, 9.17) is 4.74 Å². The number of benzene rings is 1. The number of hydrogen-bond donors (Lipinski definition) is 1. The van der Waals surface area contributed by atoms with Gasteiger partial charge in [-0.15, -0.1) is 0 Å². The Kier molecular flexibility index (Phi) is 7.28. The van der Waals surface area contributed by atoms with Crippen molar-refractivity contribution >= 4 is 23.5 Å². The highest BCUT2D eigenvalue weighted by atomic mass is 19.1. The first-order valence-electron chi connectivity index (χ1n) is 8.20. The number of esters is 1. The largest absolute Gasteiger partial charge is 0.469 e. The van der Waals surface area contributed by atoms with Crippen LogP contribution in [0.4, 0.5) is 10.1 Å². The number of carbonyl (C=O) groups excluding carboxylic acids is 3. The molecule has 1 N–H and O–H groups in total. The Morgan fingerprint density at radius 2 is 2.04 bits per heavy atom. The van der Waals surface area contributed by atoms with E-state index >= 15 is 0 Å². The predicted molar refractivity (Wildman–Crippen MR) is 91.7 cm³/mol. The van der Waals surface area contributed by atoms with Gasteiger partial charge in [-0.05, 0) is 30.7 Å². The number of halogens is 1. The van der Waals surface area contributed by atoms with Crippen LogP contribution >= 0.6 is 0 Å². The van der Waals surface area contributed by atoms with Crippen molar-refractivity contribution in [2.75, 3.05) is 32.1 Å². The fraction of sp³-hybridized carbons (Fsp3) is 0.389. The first-order valence-corrected chi connectivity index (χ1v) is 8.20. The SMILES string of the molecule is COC(=O)CCC1CN(C(=O)/C=C/C(=O)Nc2ccc(F)cc2)CCO1. The average molecular weight is 364 g/mol. The molecule has 1 aliphatic rings. The summed E-state index contributed by atoms with van der Waals surface area (Å²) in [6.07, 6.45) is 2.75. The quantitative estimate of drug-likeness (QED) is 0.611. The summed E-state index contributed by atoms with van der Waals surface area (Å²) in [6, 6.07) is 5.31. The van der Waals surface area contributed by atoms with Crippen molar-refractivity contribution in [1.82, 2.24) is 4.90 Å². The maximum atomic E-state index is 12.8. The molecule has 7 nitrogen and oxygen atoms in total. The summed E-state index contributed by atoms with van der Waals surface area (Å²) in [6.45, 7) is 1.13. The van der Waals surface area contributed by atoms with E-state index in [-0.39, 0.29) is 24.4 Å². The molecule has 2 amide bonds. The van der Waals surface area contributed by atoms with E-state index in [0.717, 1.165) is 6.08 Å². The van der Waals surface area contributed by atoms with E-state index in [2.05, 4.69) is 10.1 Å². The van der Waals surface area contributed by atoms with E-state index < -0.39 is 11.7 Å². The van der Waals surface area contributed by atoms with Gasteiger partial charge in [0.15, 0.2) is 0 Å². The zero-order valence-electron chi connectivity index (χ0n) is 14.4. The Hall–Kier alpha value is -2.74. The molecule has 0 aromatic heterocycles. The van der Waals surface area contributed by atoms with Crippen LogP contribution in [-0.2, 0) is 23.9 Å². The van der Waals surface area contributed by atoms with Crippen LogP contribution in [0.3, 0.4) is 0 Å². The first kappa shape index (κ1) is 19.6. The molecule has 1 saturated heterocycles. The second kappa shape index (κ2) is 9.67. The lowest BCUT2D eigenvalue weighted by Crippen LogP contribution is -2.45. The molecule has 0 radical (unpaired) electrons. The summed E-state index contributed by atoms with van der Waals surface area (Å²) in [4.78, 5) is 36.8. The number of methoxy groups -OCH3 is 1. The Balaban J connectivity index is 1.81. The molecule has 0 spiro atoms. The highest BCUT2D eigenvalue weighted by Crippen LogP contribution is 2.12. The van der Waals surface area contributed by atoms with Crippen molar-refractivity contribution in [3.8, 4) is 0 Å². The number of morpholine rings is 1. The molecule has 0 bridgehead atoms. The monoisotopic (exact) mass is 364 g/mol. The minimum Gasteiger partial charge on any atom is -0.469 e. The molecular weight excluding hydrogens is 343 g/mol. The number of ether oxygens (including phenoxy) is 2. The molecule has 1 aromatic carbocycles. The van der Waals surface area contributed by atoms with Crippen LogP contribution in [0.15, 0.2) is 36.4 Å². The Bertz CT molecular complexity index is 675. The molecule has 1 aliphatic heterocycles. The summed E-state index contributed by atoms with van der Waals surface area (Å²) < 4.78 is 22.9. The highest BCUT2D eigenvalue weighted by Gasteiger charge is 2.23. The Labute approximate surface area is 150 Å². The lowest BCUT2D eigenvalue weighted by atomic mass is 10.1. The minimum absolute atomic E-state index is 0.221. The topological polar surface area (TPSA) is 84.9 Å². The van der Waals surface area contributed by atoms with Gasteiger partial charge in [0.05, 0.1) is 19.8 Å². The molecule has 0 aliphatic carbocycles. The van der Waals surface area contributed by atoms with E-state index in [1.807, 2.05) is 0 Å². The number of carbonyl (C=O) groups is 3. The van der Waals surface area contributed by atoms with Gasteiger partial charge in [0.25, 0.3) is 0 Å². The van der Waals surface area contributed by atoms with Gasteiger partial charge in [-0.2, -0.15) is 0 Å². The van der Waals surface area contributed by atoms with Crippen LogP contribution in [-0.4, -0.2) is 55.6 Å². The van der Waals surface area contributed by atoms with Gasteiger partial charge in [0.2, 0.25) is 11.8 Å². The zero-order chi connectivity index (χ0) is 18.9. The molecule has 1 heterocycles. The lowest BCUT2D eigenvalue weighted by molar-refractivity contribution is -0.142. The minimum atomic E-state index is -0.486. The van der Waals surface area contributed by atoms with Gasteiger partial charge < -0.3 is 19.7 Å². The van der Waals surface area contributed by atoms with Gasteiger partial charge >= 0.3 is 5.97 Å². The summed E-state index contributed by atoms with van der Waals surface area (Å²) in [5, 5.41) is 2.54. The van der Waals surface area contributed by atoms with Crippen LogP contribution in [0.25, 0.3) is 0 Å². The van der Waals surface area contributed by atoms with Crippen molar-refractivity contribution in [3.63, 3.8) is 0 Å². The third kappa shape index (κ3) is 6.29. The van der Waals surface area contributed by atoms with Gasteiger partial charge in [0.1, 0.15) is 5.82 Å². The van der Waals surface area contributed by atoms with Gasteiger partial charge in [-0.25, -0.2) is 4.39 Å². The molecule has 1 unspecified atom stereocenters. The van der Waals surface area contributed by atoms with Gasteiger partial charge in [-0.1, -0.05) is 0 Å². The van der Waals surface area contributed by atoms with Gasteiger partial charge in [0, 0.05) is 37.3 Å². The molecule has 0 saturated carbocycles. The third-order valence-corrected chi connectivity index (χ3v) is 3.84. The second-order valence-electron chi connectivity index (χ2n) is 5.72. The van der Waals surface area contributed by atoms with Crippen molar-refractivity contribution in [3.05, 3.63) is 42.2 Å². The zero-order valence-corrected chi connectivity index (χ0v) is 14.4. The maximum Gasteiger partial charge on any atom is 0.305 e. The number of rotatable bonds is 6. The Morgan fingerprint density at radius 1 is 1.31 bits per heavy atom. The average Bonchev–Trinajstić information content (AvgIpc) is 2.66.